The highest BCUT2D eigenvalue weighted by Crippen LogP contribution is 2.55. The second kappa shape index (κ2) is 5.11. The lowest BCUT2D eigenvalue weighted by molar-refractivity contribution is -0.114. The molecule has 0 aromatic heterocycles. The summed E-state index contributed by atoms with van der Waals surface area (Å²) in [5.74, 6) is 0.875. The van der Waals surface area contributed by atoms with Gasteiger partial charge in [-0.05, 0) is 55.8 Å². The lowest BCUT2D eigenvalue weighted by Gasteiger charge is -2.52. The normalized spacial score (nSPS) is 28.5. The summed E-state index contributed by atoms with van der Waals surface area (Å²) < 4.78 is 10.6. The average molecular weight is 327 g/mol. The summed E-state index contributed by atoms with van der Waals surface area (Å²) in [6.07, 6.45) is 5.18. The van der Waals surface area contributed by atoms with Crippen molar-refractivity contribution in [3.05, 3.63) is 46.7 Å². The number of hydrogen-bond donors (Lipinski definition) is 1. The number of fused-ring (bicyclic) bond motifs is 1. The van der Waals surface area contributed by atoms with Crippen LogP contribution in [0.5, 0.6) is 11.5 Å². The first kappa shape index (κ1) is 15.3. The number of rotatable bonds is 2. The number of likely N-dealkylation sites (N-methyl/N-ethyl adjacent to an activating group) is 1. The van der Waals surface area contributed by atoms with Gasteiger partial charge in [0.05, 0.1) is 14.2 Å². The van der Waals surface area contributed by atoms with E-state index in [9.17, 15) is 9.90 Å². The van der Waals surface area contributed by atoms with Gasteiger partial charge in [-0.2, -0.15) is 0 Å². The van der Waals surface area contributed by atoms with Crippen molar-refractivity contribution in [3.8, 4) is 11.5 Å². The van der Waals surface area contributed by atoms with Crippen molar-refractivity contribution in [1.29, 1.82) is 0 Å². The average Bonchev–Trinajstić information content (AvgIpc) is 2.58. The lowest BCUT2D eigenvalue weighted by Crippen LogP contribution is -2.54. The number of nitrogens with zero attached hydrogens (tertiary/aromatic N) is 1. The van der Waals surface area contributed by atoms with Crippen molar-refractivity contribution in [1.82, 2.24) is 4.90 Å². The van der Waals surface area contributed by atoms with Gasteiger partial charge in [-0.3, -0.25) is 9.69 Å². The molecule has 1 aromatic carbocycles. The predicted octanol–water partition coefficient (Wildman–Crippen LogP) is 1.94. The zero-order chi connectivity index (χ0) is 17.1. The van der Waals surface area contributed by atoms with Crippen LogP contribution in [0.2, 0.25) is 0 Å². The molecule has 0 saturated carbocycles. The number of hydrogen-bond acceptors (Lipinski definition) is 5. The van der Waals surface area contributed by atoms with Crippen LogP contribution >= 0.6 is 0 Å². The number of carbonyl (C=O) groups excluding carboxylic acids is 1. The first-order chi connectivity index (χ1) is 11.5. The van der Waals surface area contributed by atoms with E-state index in [0.717, 1.165) is 36.1 Å². The standard InChI is InChI=1S/C19H21NO4/c1-20-7-6-19-10-16(24-3)14(21)9-12(19)13(20)8-11-4-5-15(23-2)18(22)17(11)19/h4-5,9-10,13,22H,6-8H2,1-3H3/t13-,19-/m1/s1. The minimum Gasteiger partial charge on any atom is -0.504 e. The minimum absolute atomic E-state index is 0.103. The van der Waals surface area contributed by atoms with Crippen LogP contribution in [0.3, 0.4) is 0 Å². The third kappa shape index (κ3) is 1.82. The van der Waals surface area contributed by atoms with E-state index in [1.54, 1.807) is 13.2 Å². The summed E-state index contributed by atoms with van der Waals surface area (Å²) >= 11 is 0. The Morgan fingerprint density at radius 3 is 2.79 bits per heavy atom. The summed E-state index contributed by atoms with van der Waals surface area (Å²) in [5, 5.41) is 10.9. The third-order valence-electron chi connectivity index (χ3n) is 5.70. The SMILES string of the molecule is COC1=C[C@@]23CCN(C)[C@H](Cc4ccc(OC)c(O)c42)C3=CC1=O. The second-order valence-electron chi connectivity index (χ2n) is 6.75. The molecule has 0 amide bonds. The molecule has 126 valence electrons. The number of allylic oxidation sites excluding steroid dienone is 2. The molecule has 1 saturated heterocycles. The molecule has 0 spiro atoms. The van der Waals surface area contributed by atoms with Crippen molar-refractivity contribution in [2.24, 2.45) is 0 Å². The molecule has 1 fully saturated rings. The molecule has 4 rings (SSSR count). The number of phenolic OH excluding ortho intramolecular Hbond substituents is 1. The van der Waals surface area contributed by atoms with E-state index >= 15 is 0 Å². The smallest absolute Gasteiger partial charge is 0.220 e. The van der Waals surface area contributed by atoms with Gasteiger partial charge in [0.1, 0.15) is 0 Å². The first-order valence-electron chi connectivity index (χ1n) is 8.14. The van der Waals surface area contributed by atoms with Crippen LogP contribution in [0.1, 0.15) is 17.5 Å². The van der Waals surface area contributed by atoms with Crippen LogP contribution in [-0.2, 0) is 21.4 Å². The predicted molar refractivity (Wildman–Crippen MR) is 89.3 cm³/mol. The number of benzene rings is 1. The number of methoxy groups -OCH3 is 2. The van der Waals surface area contributed by atoms with Gasteiger partial charge in [-0.1, -0.05) is 6.07 Å². The highest BCUT2D eigenvalue weighted by Gasteiger charge is 2.52. The van der Waals surface area contributed by atoms with Crippen LogP contribution < -0.4 is 4.74 Å². The van der Waals surface area contributed by atoms with E-state index in [-0.39, 0.29) is 17.6 Å². The Kier molecular flexibility index (Phi) is 3.25. The fourth-order valence-electron chi connectivity index (χ4n) is 4.50. The first-order valence-corrected chi connectivity index (χ1v) is 8.14. The van der Waals surface area contributed by atoms with Crippen molar-refractivity contribution in [3.63, 3.8) is 0 Å². The van der Waals surface area contributed by atoms with Crippen LogP contribution in [0, 0.1) is 0 Å². The summed E-state index contributed by atoms with van der Waals surface area (Å²) in [5.41, 5.74) is 2.52. The number of aromatic hydroxyl groups is 1. The third-order valence-corrected chi connectivity index (χ3v) is 5.70. The Balaban J connectivity index is 2.03. The highest BCUT2D eigenvalue weighted by molar-refractivity contribution is 6.05. The quantitative estimate of drug-likeness (QED) is 0.899. The Hall–Kier alpha value is -2.27. The molecule has 24 heavy (non-hydrogen) atoms. The summed E-state index contributed by atoms with van der Waals surface area (Å²) in [4.78, 5) is 14.6. The highest BCUT2D eigenvalue weighted by atomic mass is 16.5. The maximum atomic E-state index is 12.4. The fourth-order valence-corrected chi connectivity index (χ4v) is 4.50. The zero-order valence-electron chi connectivity index (χ0n) is 14.1. The van der Waals surface area contributed by atoms with Gasteiger partial charge >= 0.3 is 0 Å². The number of ether oxygens (including phenoxy) is 2. The summed E-state index contributed by atoms with van der Waals surface area (Å²) in [6.45, 7) is 0.889. The molecular formula is C19H21NO4. The fraction of sp³-hybridized carbons (Fsp3) is 0.421. The molecule has 2 aliphatic carbocycles. The van der Waals surface area contributed by atoms with Gasteiger partial charge in [-0.15, -0.1) is 0 Å². The molecule has 1 N–H and O–H groups in total. The van der Waals surface area contributed by atoms with Gasteiger partial charge in [-0.25, -0.2) is 0 Å². The number of piperidine rings is 1. The van der Waals surface area contributed by atoms with E-state index in [0.29, 0.717) is 11.5 Å². The van der Waals surface area contributed by atoms with Gasteiger partial charge in [0.15, 0.2) is 17.3 Å². The van der Waals surface area contributed by atoms with E-state index in [1.807, 2.05) is 18.2 Å². The molecule has 1 aliphatic heterocycles. The molecule has 0 radical (unpaired) electrons. The summed E-state index contributed by atoms with van der Waals surface area (Å²) in [6, 6.07) is 4.00. The van der Waals surface area contributed by atoms with Crippen molar-refractivity contribution in [2.75, 3.05) is 27.8 Å². The molecule has 0 unspecified atom stereocenters. The molecule has 2 bridgehead atoms. The van der Waals surface area contributed by atoms with Crippen LogP contribution in [-0.4, -0.2) is 49.6 Å². The maximum Gasteiger partial charge on any atom is 0.220 e. The molecule has 5 heteroatoms. The molecule has 2 atom stereocenters. The van der Waals surface area contributed by atoms with Crippen molar-refractivity contribution >= 4 is 5.78 Å². The van der Waals surface area contributed by atoms with Crippen molar-refractivity contribution < 1.29 is 19.4 Å². The van der Waals surface area contributed by atoms with Gasteiger partial charge in [0.2, 0.25) is 5.78 Å². The largest absolute Gasteiger partial charge is 0.504 e. The molecule has 1 aromatic rings. The van der Waals surface area contributed by atoms with E-state index < -0.39 is 5.41 Å². The monoisotopic (exact) mass is 327 g/mol. The topological polar surface area (TPSA) is 59.0 Å². The Labute approximate surface area is 141 Å². The van der Waals surface area contributed by atoms with Gasteiger partial charge < -0.3 is 14.6 Å². The van der Waals surface area contributed by atoms with Crippen LogP contribution in [0.15, 0.2) is 35.6 Å². The maximum absolute atomic E-state index is 12.4. The van der Waals surface area contributed by atoms with E-state index in [4.69, 9.17) is 9.47 Å². The van der Waals surface area contributed by atoms with Gasteiger partial charge in [0, 0.05) is 17.0 Å². The van der Waals surface area contributed by atoms with Crippen LogP contribution in [0.4, 0.5) is 0 Å². The molecular weight excluding hydrogens is 306 g/mol. The number of carbonyl (C=O) groups is 1. The molecule has 5 nitrogen and oxygen atoms in total. The lowest BCUT2D eigenvalue weighted by atomic mass is 9.58. The molecule has 1 heterocycles. The van der Waals surface area contributed by atoms with Gasteiger partial charge in [0.25, 0.3) is 0 Å². The second-order valence-corrected chi connectivity index (χ2v) is 6.75. The number of phenols is 1. The molecule has 3 aliphatic rings. The Morgan fingerprint density at radius 2 is 2.08 bits per heavy atom. The Morgan fingerprint density at radius 1 is 1.29 bits per heavy atom. The van der Waals surface area contributed by atoms with Crippen LogP contribution in [0.25, 0.3) is 0 Å². The Bertz CT molecular complexity index is 795. The minimum atomic E-state index is -0.497. The van der Waals surface area contributed by atoms with E-state index in [2.05, 4.69) is 11.9 Å². The number of likely N-dealkylation sites (tertiary alicyclic amines) is 1. The van der Waals surface area contributed by atoms with Crippen molar-refractivity contribution in [2.45, 2.75) is 24.3 Å². The zero-order valence-corrected chi connectivity index (χ0v) is 14.1. The van der Waals surface area contributed by atoms with E-state index in [1.165, 1.54) is 7.11 Å². The summed E-state index contributed by atoms with van der Waals surface area (Å²) in [7, 11) is 5.15. The number of ketones is 1.